The summed E-state index contributed by atoms with van der Waals surface area (Å²) in [5.41, 5.74) is 0.684. The third-order valence-electron chi connectivity index (χ3n) is 2.84. The van der Waals surface area contributed by atoms with Crippen LogP contribution in [0.1, 0.15) is 5.56 Å². The molecule has 0 aliphatic rings. The van der Waals surface area contributed by atoms with Crippen LogP contribution in [-0.2, 0) is 21.3 Å². The lowest BCUT2D eigenvalue weighted by molar-refractivity contribution is 0.183. The highest BCUT2D eigenvalue weighted by Gasteiger charge is 2.18. The largest absolute Gasteiger partial charge is 0.383 e. The molecule has 0 amide bonds. The number of hydrogen-bond donors (Lipinski definition) is 1. The van der Waals surface area contributed by atoms with Crippen molar-refractivity contribution in [1.82, 2.24) is 9.78 Å². The second-order valence-corrected chi connectivity index (χ2v) is 6.15. The Morgan fingerprint density at radius 2 is 2.19 bits per heavy atom. The molecule has 0 aliphatic carbocycles. The van der Waals surface area contributed by atoms with E-state index in [2.05, 4.69) is 9.82 Å². The number of ether oxygens (including phenoxy) is 1. The zero-order chi connectivity index (χ0) is 15.5. The van der Waals surface area contributed by atoms with E-state index >= 15 is 0 Å². The number of benzene rings is 1. The topological polar surface area (TPSA) is 73.2 Å². The molecule has 6 nitrogen and oxygen atoms in total. The number of halogens is 1. The molecular formula is C13H16FN3O3S. The van der Waals surface area contributed by atoms with E-state index in [1.807, 2.05) is 0 Å². The van der Waals surface area contributed by atoms with Crippen molar-refractivity contribution in [2.75, 3.05) is 18.4 Å². The second kappa shape index (κ2) is 6.23. The van der Waals surface area contributed by atoms with E-state index in [-0.39, 0.29) is 4.90 Å². The number of nitrogens with zero attached hydrogens (tertiary/aromatic N) is 2. The molecule has 21 heavy (non-hydrogen) atoms. The van der Waals surface area contributed by atoms with Crippen molar-refractivity contribution in [2.24, 2.45) is 0 Å². The number of aryl methyl sites for hydroxylation is 1. The van der Waals surface area contributed by atoms with Crippen LogP contribution >= 0.6 is 0 Å². The number of aromatic nitrogens is 2. The van der Waals surface area contributed by atoms with Crippen molar-refractivity contribution in [3.05, 3.63) is 42.0 Å². The van der Waals surface area contributed by atoms with Gasteiger partial charge in [-0.1, -0.05) is 0 Å². The minimum atomic E-state index is -3.77. The minimum Gasteiger partial charge on any atom is -0.383 e. The monoisotopic (exact) mass is 313 g/mol. The zero-order valence-electron chi connectivity index (χ0n) is 11.7. The Balaban J connectivity index is 2.19. The van der Waals surface area contributed by atoms with E-state index < -0.39 is 15.8 Å². The molecule has 114 valence electrons. The SMILES string of the molecule is COCCn1cc(NS(=O)(=O)c2ccc(F)cc2C)cn1. The van der Waals surface area contributed by atoms with Crippen molar-refractivity contribution >= 4 is 15.7 Å². The van der Waals surface area contributed by atoms with Crippen molar-refractivity contribution in [2.45, 2.75) is 18.4 Å². The Morgan fingerprint density at radius 3 is 2.86 bits per heavy atom. The van der Waals surface area contributed by atoms with Crippen LogP contribution in [0.4, 0.5) is 10.1 Å². The number of methoxy groups -OCH3 is 1. The number of rotatable bonds is 6. The predicted octanol–water partition coefficient (Wildman–Crippen LogP) is 1.78. The lowest BCUT2D eigenvalue weighted by Gasteiger charge is -2.08. The Morgan fingerprint density at radius 1 is 1.43 bits per heavy atom. The third kappa shape index (κ3) is 3.79. The molecule has 0 aliphatic heterocycles. The standard InChI is InChI=1S/C13H16FN3O3S/c1-10-7-11(14)3-4-13(10)21(18,19)16-12-8-15-17(9-12)5-6-20-2/h3-4,7-9,16H,5-6H2,1-2H3. The Bertz CT molecular complexity index is 728. The molecule has 1 aromatic heterocycles. The molecule has 1 aromatic carbocycles. The highest BCUT2D eigenvalue weighted by Crippen LogP contribution is 2.19. The van der Waals surface area contributed by atoms with Gasteiger partial charge in [0.15, 0.2) is 0 Å². The first-order chi connectivity index (χ1) is 9.92. The molecule has 0 fully saturated rings. The summed E-state index contributed by atoms with van der Waals surface area (Å²) in [4.78, 5) is 0.0357. The van der Waals surface area contributed by atoms with Crippen molar-refractivity contribution in [1.29, 1.82) is 0 Å². The van der Waals surface area contributed by atoms with Crippen LogP contribution in [0, 0.1) is 12.7 Å². The van der Waals surface area contributed by atoms with Gasteiger partial charge in [-0.15, -0.1) is 0 Å². The number of hydrogen-bond acceptors (Lipinski definition) is 4. The first-order valence-electron chi connectivity index (χ1n) is 6.23. The Kier molecular flexibility index (Phi) is 4.59. The highest BCUT2D eigenvalue weighted by atomic mass is 32.2. The van der Waals surface area contributed by atoms with Crippen LogP contribution < -0.4 is 4.72 Å². The molecule has 0 atom stereocenters. The molecule has 2 aromatic rings. The van der Waals surface area contributed by atoms with Crippen LogP contribution in [0.3, 0.4) is 0 Å². The van der Waals surface area contributed by atoms with Crippen LogP contribution in [0.2, 0.25) is 0 Å². The Hall–Kier alpha value is -1.93. The van der Waals surface area contributed by atoms with Gasteiger partial charge in [0.1, 0.15) is 5.82 Å². The first-order valence-corrected chi connectivity index (χ1v) is 7.71. The fourth-order valence-electron chi connectivity index (χ4n) is 1.85. The highest BCUT2D eigenvalue weighted by molar-refractivity contribution is 7.92. The number of nitrogens with one attached hydrogen (secondary N) is 1. The second-order valence-electron chi connectivity index (χ2n) is 4.50. The van der Waals surface area contributed by atoms with E-state index in [1.54, 1.807) is 24.9 Å². The molecule has 0 spiro atoms. The first kappa shape index (κ1) is 15.5. The summed E-state index contributed by atoms with van der Waals surface area (Å²) in [5.74, 6) is -0.473. The normalized spacial score (nSPS) is 11.6. The van der Waals surface area contributed by atoms with Gasteiger partial charge in [-0.3, -0.25) is 9.40 Å². The van der Waals surface area contributed by atoms with Crippen molar-refractivity contribution < 1.29 is 17.5 Å². The molecular weight excluding hydrogens is 297 g/mol. The van der Waals surface area contributed by atoms with Gasteiger partial charge in [0.05, 0.1) is 29.9 Å². The fourth-order valence-corrected chi connectivity index (χ4v) is 3.10. The smallest absolute Gasteiger partial charge is 0.262 e. The number of sulfonamides is 1. The van der Waals surface area contributed by atoms with Gasteiger partial charge in [0.25, 0.3) is 10.0 Å². The molecule has 0 radical (unpaired) electrons. The van der Waals surface area contributed by atoms with Gasteiger partial charge in [-0.25, -0.2) is 12.8 Å². The van der Waals surface area contributed by atoms with Crippen LogP contribution in [0.5, 0.6) is 0 Å². The quantitative estimate of drug-likeness (QED) is 0.882. The molecule has 0 bridgehead atoms. The van der Waals surface area contributed by atoms with E-state index in [0.717, 1.165) is 6.07 Å². The van der Waals surface area contributed by atoms with Crippen molar-refractivity contribution in [3.8, 4) is 0 Å². The van der Waals surface area contributed by atoms with Gasteiger partial charge in [0.2, 0.25) is 0 Å². The minimum absolute atomic E-state index is 0.0357. The average molecular weight is 313 g/mol. The maximum absolute atomic E-state index is 13.0. The Labute approximate surface area is 122 Å². The fraction of sp³-hybridized carbons (Fsp3) is 0.308. The molecule has 0 unspecified atom stereocenters. The van der Waals surface area contributed by atoms with Gasteiger partial charge >= 0.3 is 0 Å². The lowest BCUT2D eigenvalue weighted by Crippen LogP contribution is -2.14. The molecule has 1 heterocycles. The van der Waals surface area contributed by atoms with Crippen molar-refractivity contribution in [3.63, 3.8) is 0 Å². The maximum Gasteiger partial charge on any atom is 0.262 e. The summed E-state index contributed by atoms with van der Waals surface area (Å²) < 4.78 is 46.5. The van der Waals surface area contributed by atoms with Gasteiger partial charge in [0, 0.05) is 13.3 Å². The number of anilines is 1. The summed E-state index contributed by atoms with van der Waals surface area (Å²) >= 11 is 0. The molecule has 8 heteroatoms. The van der Waals surface area contributed by atoms with E-state index in [9.17, 15) is 12.8 Å². The summed E-state index contributed by atoms with van der Waals surface area (Å²) in [6.07, 6.45) is 2.97. The molecule has 2 rings (SSSR count). The van der Waals surface area contributed by atoms with E-state index in [1.165, 1.54) is 18.3 Å². The lowest BCUT2D eigenvalue weighted by atomic mass is 10.2. The molecule has 0 saturated carbocycles. The summed E-state index contributed by atoms with van der Waals surface area (Å²) in [6.45, 7) is 2.54. The van der Waals surface area contributed by atoms with Crippen LogP contribution in [0.15, 0.2) is 35.5 Å². The summed E-state index contributed by atoms with van der Waals surface area (Å²) in [6, 6.07) is 3.53. The van der Waals surface area contributed by atoms with Gasteiger partial charge in [-0.2, -0.15) is 5.10 Å². The van der Waals surface area contributed by atoms with E-state index in [4.69, 9.17) is 4.74 Å². The predicted molar refractivity (Wildman–Crippen MR) is 76.0 cm³/mol. The average Bonchev–Trinajstić information content (AvgIpc) is 2.82. The van der Waals surface area contributed by atoms with Crippen LogP contribution in [-0.4, -0.2) is 31.9 Å². The summed E-state index contributed by atoms with van der Waals surface area (Å²) in [7, 11) is -2.20. The van der Waals surface area contributed by atoms with Crippen LogP contribution in [0.25, 0.3) is 0 Å². The third-order valence-corrected chi connectivity index (χ3v) is 4.38. The molecule has 0 saturated heterocycles. The maximum atomic E-state index is 13.0. The van der Waals surface area contributed by atoms with E-state index in [0.29, 0.717) is 24.4 Å². The van der Waals surface area contributed by atoms with Gasteiger partial charge < -0.3 is 4.74 Å². The van der Waals surface area contributed by atoms with Gasteiger partial charge in [-0.05, 0) is 30.7 Å². The summed E-state index contributed by atoms with van der Waals surface area (Å²) in [5, 5.41) is 4.02. The molecule has 1 N–H and O–H groups in total. The zero-order valence-corrected chi connectivity index (χ0v) is 12.5.